The molecule has 0 aliphatic rings. The Labute approximate surface area is 156 Å². The SMILES string of the molecule is Cc1ccc(-c2nc(N[C@H](C)c3ncn[nH]3)ncc2-c2cncnc2)cc1. The fraction of sp³-hybridized carbons (Fsp3) is 0.158. The van der Waals surface area contributed by atoms with E-state index in [4.69, 9.17) is 4.98 Å². The second kappa shape index (κ2) is 7.28. The molecular weight excluding hydrogens is 340 g/mol. The van der Waals surface area contributed by atoms with Crippen LogP contribution < -0.4 is 5.32 Å². The van der Waals surface area contributed by atoms with Crippen molar-refractivity contribution >= 4 is 5.95 Å². The maximum atomic E-state index is 4.76. The molecule has 1 atom stereocenters. The fourth-order valence-electron chi connectivity index (χ4n) is 2.72. The van der Waals surface area contributed by atoms with Gasteiger partial charge in [0.2, 0.25) is 5.95 Å². The molecule has 8 heteroatoms. The van der Waals surface area contributed by atoms with Crippen molar-refractivity contribution < 1.29 is 0 Å². The highest BCUT2D eigenvalue weighted by Gasteiger charge is 2.15. The van der Waals surface area contributed by atoms with Gasteiger partial charge in [-0.1, -0.05) is 29.8 Å². The van der Waals surface area contributed by atoms with E-state index >= 15 is 0 Å². The largest absolute Gasteiger partial charge is 0.344 e. The van der Waals surface area contributed by atoms with Gasteiger partial charge >= 0.3 is 0 Å². The van der Waals surface area contributed by atoms with Gasteiger partial charge in [0.25, 0.3) is 0 Å². The molecule has 8 nitrogen and oxygen atoms in total. The van der Waals surface area contributed by atoms with Gasteiger partial charge in [-0.25, -0.2) is 24.9 Å². The third kappa shape index (κ3) is 3.64. The van der Waals surface area contributed by atoms with Crippen LogP contribution in [0.5, 0.6) is 0 Å². The summed E-state index contributed by atoms with van der Waals surface area (Å²) in [4.78, 5) is 21.6. The van der Waals surface area contributed by atoms with Crippen LogP contribution in [0.25, 0.3) is 22.4 Å². The Balaban J connectivity index is 1.75. The van der Waals surface area contributed by atoms with Crippen molar-refractivity contribution in [2.45, 2.75) is 19.9 Å². The first-order valence-corrected chi connectivity index (χ1v) is 8.52. The average molecular weight is 358 g/mol. The molecule has 2 N–H and O–H groups in total. The summed E-state index contributed by atoms with van der Waals surface area (Å²) in [5.41, 5.74) is 4.74. The van der Waals surface area contributed by atoms with Crippen LogP contribution in [0.1, 0.15) is 24.4 Å². The maximum absolute atomic E-state index is 4.76. The number of hydrogen-bond donors (Lipinski definition) is 2. The Bertz CT molecular complexity index is 1010. The molecule has 0 fully saturated rings. The summed E-state index contributed by atoms with van der Waals surface area (Å²) in [6.07, 6.45) is 8.28. The van der Waals surface area contributed by atoms with Crippen LogP contribution in [-0.4, -0.2) is 35.1 Å². The smallest absolute Gasteiger partial charge is 0.223 e. The molecule has 0 saturated heterocycles. The van der Waals surface area contributed by atoms with E-state index in [2.05, 4.69) is 66.6 Å². The molecule has 0 aliphatic carbocycles. The molecule has 4 rings (SSSR count). The Hall–Kier alpha value is -3.68. The van der Waals surface area contributed by atoms with E-state index < -0.39 is 0 Å². The van der Waals surface area contributed by atoms with Crippen molar-refractivity contribution in [1.29, 1.82) is 0 Å². The van der Waals surface area contributed by atoms with E-state index in [1.807, 2.05) is 6.92 Å². The lowest BCUT2D eigenvalue weighted by atomic mass is 10.0. The summed E-state index contributed by atoms with van der Waals surface area (Å²) < 4.78 is 0. The van der Waals surface area contributed by atoms with Crippen molar-refractivity contribution in [2.24, 2.45) is 0 Å². The molecule has 0 bridgehead atoms. The van der Waals surface area contributed by atoms with Crippen molar-refractivity contribution in [3.05, 3.63) is 66.9 Å². The summed E-state index contributed by atoms with van der Waals surface area (Å²) in [6, 6.07) is 8.12. The normalized spacial score (nSPS) is 11.9. The molecule has 3 aromatic heterocycles. The number of benzene rings is 1. The first-order chi connectivity index (χ1) is 13.2. The number of nitrogens with zero attached hydrogens (tertiary/aromatic N) is 6. The number of nitrogens with one attached hydrogen (secondary N) is 2. The highest BCUT2D eigenvalue weighted by Crippen LogP contribution is 2.30. The second-order valence-corrected chi connectivity index (χ2v) is 6.19. The van der Waals surface area contributed by atoms with E-state index in [-0.39, 0.29) is 6.04 Å². The number of aromatic nitrogens is 7. The van der Waals surface area contributed by atoms with Gasteiger partial charge in [0.1, 0.15) is 18.5 Å². The van der Waals surface area contributed by atoms with E-state index in [0.717, 1.165) is 28.2 Å². The van der Waals surface area contributed by atoms with Crippen LogP contribution in [0.4, 0.5) is 5.95 Å². The zero-order chi connectivity index (χ0) is 18.6. The third-order valence-electron chi connectivity index (χ3n) is 4.17. The number of hydrogen-bond acceptors (Lipinski definition) is 7. The van der Waals surface area contributed by atoms with Gasteiger partial charge in [0, 0.05) is 35.3 Å². The van der Waals surface area contributed by atoms with Crippen molar-refractivity contribution in [3.8, 4) is 22.4 Å². The van der Waals surface area contributed by atoms with E-state index in [0.29, 0.717) is 5.95 Å². The minimum absolute atomic E-state index is 0.107. The van der Waals surface area contributed by atoms with Crippen molar-refractivity contribution in [2.75, 3.05) is 5.32 Å². The monoisotopic (exact) mass is 358 g/mol. The fourth-order valence-corrected chi connectivity index (χ4v) is 2.72. The van der Waals surface area contributed by atoms with Gasteiger partial charge in [0.05, 0.1) is 11.7 Å². The van der Waals surface area contributed by atoms with Crippen LogP contribution in [0.3, 0.4) is 0 Å². The zero-order valence-corrected chi connectivity index (χ0v) is 15.0. The predicted molar refractivity (Wildman–Crippen MR) is 102 cm³/mol. The number of aromatic amines is 1. The highest BCUT2D eigenvalue weighted by molar-refractivity contribution is 5.80. The Morgan fingerprint density at radius 3 is 2.41 bits per heavy atom. The zero-order valence-electron chi connectivity index (χ0n) is 15.0. The Kier molecular flexibility index (Phi) is 4.52. The number of H-pyrrole nitrogens is 1. The minimum Gasteiger partial charge on any atom is -0.344 e. The standard InChI is InChI=1S/C19H18N8/c1-12-3-5-14(6-4-12)17-16(15-7-20-10-21-8-15)9-22-19(26-17)25-13(2)18-23-11-24-27-18/h3-11,13H,1-2H3,(H,22,25,26)(H,23,24,27)/t13-/m1/s1. The minimum atomic E-state index is -0.107. The third-order valence-corrected chi connectivity index (χ3v) is 4.17. The molecule has 27 heavy (non-hydrogen) atoms. The highest BCUT2D eigenvalue weighted by atomic mass is 15.2. The molecule has 0 spiro atoms. The number of rotatable bonds is 5. The molecule has 4 aromatic rings. The summed E-state index contributed by atoms with van der Waals surface area (Å²) in [5, 5.41) is 9.99. The molecule has 3 heterocycles. The van der Waals surface area contributed by atoms with Crippen molar-refractivity contribution in [1.82, 2.24) is 35.1 Å². The molecule has 0 aliphatic heterocycles. The van der Waals surface area contributed by atoms with Crippen LogP contribution >= 0.6 is 0 Å². The van der Waals surface area contributed by atoms with Crippen molar-refractivity contribution in [3.63, 3.8) is 0 Å². The maximum Gasteiger partial charge on any atom is 0.223 e. The van der Waals surface area contributed by atoms with Gasteiger partial charge in [-0.15, -0.1) is 0 Å². The Morgan fingerprint density at radius 1 is 0.926 bits per heavy atom. The molecule has 134 valence electrons. The molecule has 1 aromatic carbocycles. The lowest BCUT2D eigenvalue weighted by Gasteiger charge is -2.14. The van der Waals surface area contributed by atoms with E-state index in [9.17, 15) is 0 Å². The van der Waals surface area contributed by atoms with Gasteiger partial charge < -0.3 is 5.32 Å². The van der Waals surface area contributed by atoms with Crippen LogP contribution in [-0.2, 0) is 0 Å². The van der Waals surface area contributed by atoms with Crippen LogP contribution in [0, 0.1) is 6.92 Å². The number of aryl methyl sites for hydroxylation is 1. The first kappa shape index (κ1) is 16.8. The van der Waals surface area contributed by atoms with Gasteiger partial charge in [-0.3, -0.25) is 5.10 Å². The second-order valence-electron chi connectivity index (χ2n) is 6.19. The van der Waals surface area contributed by atoms with E-state index in [1.165, 1.54) is 18.2 Å². The lowest BCUT2D eigenvalue weighted by molar-refractivity contribution is 0.783. The molecular formula is C19H18N8. The molecule has 0 amide bonds. The quantitative estimate of drug-likeness (QED) is 0.564. The van der Waals surface area contributed by atoms with Crippen LogP contribution in [0.15, 0.2) is 55.5 Å². The molecule has 0 saturated carbocycles. The Morgan fingerprint density at radius 2 is 1.70 bits per heavy atom. The lowest BCUT2D eigenvalue weighted by Crippen LogP contribution is -2.11. The molecule has 0 radical (unpaired) electrons. The summed E-state index contributed by atoms with van der Waals surface area (Å²) in [6.45, 7) is 4.02. The van der Waals surface area contributed by atoms with Gasteiger partial charge in [0.15, 0.2) is 0 Å². The van der Waals surface area contributed by atoms with Gasteiger partial charge in [-0.05, 0) is 13.8 Å². The van der Waals surface area contributed by atoms with Gasteiger partial charge in [-0.2, -0.15) is 5.10 Å². The van der Waals surface area contributed by atoms with E-state index in [1.54, 1.807) is 18.6 Å². The topological polar surface area (TPSA) is 105 Å². The summed E-state index contributed by atoms with van der Waals surface area (Å²) in [5.74, 6) is 1.23. The van der Waals surface area contributed by atoms with Crippen LogP contribution in [0.2, 0.25) is 0 Å². The predicted octanol–water partition coefficient (Wildman–Crippen LogP) is 3.20. The average Bonchev–Trinajstić information content (AvgIpc) is 3.24. The summed E-state index contributed by atoms with van der Waals surface area (Å²) >= 11 is 0. The summed E-state index contributed by atoms with van der Waals surface area (Å²) in [7, 11) is 0. The first-order valence-electron chi connectivity index (χ1n) is 8.52. The molecule has 0 unspecified atom stereocenters. The number of anilines is 1.